The Kier molecular flexibility index (Phi) is 4.24. The average Bonchev–Trinajstić information content (AvgIpc) is 2.80. The minimum atomic E-state index is 0.655. The van der Waals surface area contributed by atoms with Crippen LogP contribution in [0.4, 0.5) is 5.82 Å². The van der Waals surface area contributed by atoms with Crippen LogP contribution in [0.15, 0.2) is 23.6 Å². The van der Waals surface area contributed by atoms with Crippen LogP contribution in [0.3, 0.4) is 0 Å². The molecule has 6 heteroatoms. The third-order valence-electron chi connectivity index (χ3n) is 2.47. The van der Waals surface area contributed by atoms with Crippen LogP contribution >= 0.6 is 11.3 Å². The van der Waals surface area contributed by atoms with Gasteiger partial charge in [0.15, 0.2) is 0 Å². The lowest BCUT2D eigenvalue weighted by Gasteiger charge is -2.15. The lowest BCUT2D eigenvalue weighted by Crippen LogP contribution is -2.19. The number of thiophene rings is 1. The first-order chi connectivity index (χ1) is 8.67. The van der Waals surface area contributed by atoms with Gasteiger partial charge < -0.3 is 5.43 Å². The average molecular weight is 263 g/mol. The van der Waals surface area contributed by atoms with Crippen molar-refractivity contribution in [3.8, 4) is 0 Å². The van der Waals surface area contributed by atoms with E-state index in [-0.39, 0.29) is 0 Å². The number of hydrazine groups is 1. The molecule has 96 valence electrons. The summed E-state index contributed by atoms with van der Waals surface area (Å²) in [6, 6.07) is 6.02. The van der Waals surface area contributed by atoms with Gasteiger partial charge in [0.1, 0.15) is 11.6 Å². The number of nitrogens with one attached hydrogen (secondary N) is 1. The Morgan fingerprint density at radius 1 is 1.39 bits per heavy atom. The first kappa shape index (κ1) is 12.9. The molecule has 0 radical (unpaired) electrons. The van der Waals surface area contributed by atoms with Crippen molar-refractivity contribution in [2.24, 2.45) is 5.84 Å². The van der Waals surface area contributed by atoms with E-state index < -0.39 is 0 Å². The molecular weight excluding hydrogens is 246 g/mol. The van der Waals surface area contributed by atoms with E-state index in [0.717, 1.165) is 18.1 Å². The van der Waals surface area contributed by atoms with Crippen LogP contribution in [0.5, 0.6) is 0 Å². The molecule has 0 fully saturated rings. The fourth-order valence-corrected chi connectivity index (χ4v) is 2.52. The van der Waals surface area contributed by atoms with Crippen LogP contribution in [0.25, 0.3) is 0 Å². The maximum Gasteiger partial charge on any atom is 0.145 e. The Balaban J connectivity index is 2.02. The highest BCUT2D eigenvalue weighted by atomic mass is 32.1. The topological polar surface area (TPSA) is 67.1 Å². The number of nitrogen functional groups attached to an aromatic ring is 1. The fraction of sp³-hybridized carbons (Fsp3) is 0.333. The van der Waals surface area contributed by atoms with Crippen molar-refractivity contribution in [2.75, 3.05) is 12.5 Å². The Morgan fingerprint density at radius 2 is 2.22 bits per heavy atom. The Bertz CT molecular complexity index is 497. The van der Waals surface area contributed by atoms with E-state index in [2.05, 4.69) is 44.9 Å². The molecule has 2 heterocycles. The summed E-state index contributed by atoms with van der Waals surface area (Å²) in [6.07, 6.45) is 0. The predicted octanol–water partition coefficient (Wildman–Crippen LogP) is 1.76. The van der Waals surface area contributed by atoms with Gasteiger partial charge in [0.2, 0.25) is 0 Å². The standard InChI is InChI=1S/C12H17N5S/c1-9-6-11(16-13)15-12(14-9)8-17(2)7-10-4-3-5-18-10/h3-6H,7-8,13H2,1-2H3,(H,14,15,16). The van der Waals surface area contributed by atoms with Gasteiger partial charge in [0.05, 0.1) is 6.54 Å². The quantitative estimate of drug-likeness (QED) is 0.635. The van der Waals surface area contributed by atoms with Gasteiger partial charge in [-0.3, -0.25) is 4.90 Å². The molecule has 0 saturated carbocycles. The minimum Gasteiger partial charge on any atom is -0.308 e. The predicted molar refractivity (Wildman–Crippen MR) is 74.1 cm³/mol. The lowest BCUT2D eigenvalue weighted by atomic mass is 10.4. The molecule has 0 spiro atoms. The number of rotatable bonds is 5. The molecule has 0 bridgehead atoms. The summed E-state index contributed by atoms with van der Waals surface area (Å²) in [5.41, 5.74) is 3.47. The van der Waals surface area contributed by atoms with Crippen LogP contribution < -0.4 is 11.3 Å². The van der Waals surface area contributed by atoms with Gasteiger partial charge in [-0.1, -0.05) is 6.07 Å². The van der Waals surface area contributed by atoms with Crippen LogP contribution in [0.1, 0.15) is 16.4 Å². The summed E-state index contributed by atoms with van der Waals surface area (Å²) >= 11 is 1.76. The van der Waals surface area contributed by atoms with Crippen molar-refractivity contribution in [1.29, 1.82) is 0 Å². The van der Waals surface area contributed by atoms with E-state index in [1.165, 1.54) is 4.88 Å². The van der Waals surface area contributed by atoms with Crippen molar-refractivity contribution in [2.45, 2.75) is 20.0 Å². The van der Waals surface area contributed by atoms with Crippen molar-refractivity contribution < 1.29 is 0 Å². The van der Waals surface area contributed by atoms with E-state index in [1.807, 2.05) is 13.0 Å². The highest BCUT2D eigenvalue weighted by Gasteiger charge is 2.06. The number of hydrogen-bond acceptors (Lipinski definition) is 6. The van der Waals surface area contributed by atoms with Gasteiger partial charge in [-0.2, -0.15) is 0 Å². The normalized spacial score (nSPS) is 10.9. The van der Waals surface area contributed by atoms with E-state index in [0.29, 0.717) is 12.4 Å². The molecule has 2 aromatic heterocycles. The first-order valence-corrected chi connectivity index (χ1v) is 6.57. The molecule has 0 aliphatic heterocycles. The Labute approximate surface area is 111 Å². The molecule has 0 amide bonds. The Hall–Kier alpha value is -1.50. The van der Waals surface area contributed by atoms with Crippen LogP contribution in [-0.4, -0.2) is 21.9 Å². The molecule has 2 rings (SSSR count). The zero-order valence-corrected chi connectivity index (χ0v) is 11.4. The summed E-state index contributed by atoms with van der Waals surface area (Å²) in [5.74, 6) is 6.81. The fourth-order valence-electron chi connectivity index (χ4n) is 1.74. The van der Waals surface area contributed by atoms with E-state index in [9.17, 15) is 0 Å². The Morgan fingerprint density at radius 3 is 2.89 bits per heavy atom. The number of anilines is 1. The molecule has 0 atom stereocenters. The van der Waals surface area contributed by atoms with Gasteiger partial charge in [-0.25, -0.2) is 15.8 Å². The molecule has 5 nitrogen and oxygen atoms in total. The zero-order chi connectivity index (χ0) is 13.0. The van der Waals surface area contributed by atoms with E-state index in [4.69, 9.17) is 5.84 Å². The van der Waals surface area contributed by atoms with Gasteiger partial charge >= 0.3 is 0 Å². The van der Waals surface area contributed by atoms with Gasteiger partial charge in [-0.05, 0) is 25.4 Å². The summed E-state index contributed by atoms with van der Waals surface area (Å²) in [6.45, 7) is 3.54. The molecule has 2 aromatic rings. The van der Waals surface area contributed by atoms with Gasteiger partial charge in [0.25, 0.3) is 0 Å². The second-order valence-corrected chi connectivity index (χ2v) is 5.24. The van der Waals surface area contributed by atoms with Crippen molar-refractivity contribution >= 4 is 17.2 Å². The summed E-state index contributed by atoms with van der Waals surface area (Å²) in [5, 5.41) is 2.09. The molecule has 0 aromatic carbocycles. The molecule has 0 unspecified atom stereocenters. The lowest BCUT2D eigenvalue weighted by molar-refractivity contribution is 0.313. The summed E-state index contributed by atoms with van der Waals surface area (Å²) < 4.78 is 0. The molecular formula is C12H17N5S. The maximum absolute atomic E-state index is 5.38. The number of nitrogens with two attached hydrogens (primary N) is 1. The monoisotopic (exact) mass is 263 g/mol. The second-order valence-electron chi connectivity index (χ2n) is 4.21. The van der Waals surface area contributed by atoms with Gasteiger partial charge in [0, 0.05) is 23.2 Å². The van der Waals surface area contributed by atoms with Gasteiger partial charge in [-0.15, -0.1) is 11.3 Å². The summed E-state index contributed by atoms with van der Waals surface area (Å²) in [7, 11) is 2.06. The third-order valence-corrected chi connectivity index (χ3v) is 3.33. The summed E-state index contributed by atoms with van der Waals surface area (Å²) in [4.78, 5) is 12.3. The zero-order valence-electron chi connectivity index (χ0n) is 10.6. The van der Waals surface area contributed by atoms with Crippen LogP contribution in [0, 0.1) is 6.92 Å². The van der Waals surface area contributed by atoms with Crippen molar-refractivity contribution in [1.82, 2.24) is 14.9 Å². The second kappa shape index (κ2) is 5.90. The highest BCUT2D eigenvalue weighted by molar-refractivity contribution is 7.09. The maximum atomic E-state index is 5.38. The molecule has 0 aliphatic carbocycles. The SMILES string of the molecule is Cc1cc(NN)nc(CN(C)Cc2cccs2)n1. The van der Waals surface area contributed by atoms with E-state index >= 15 is 0 Å². The minimum absolute atomic E-state index is 0.655. The molecule has 0 saturated heterocycles. The van der Waals surface area contributed by atoms with Crippen LogP contribution in [-0.2, 0) is 13.1 Å². The van der Waals surface area contributed by atoms with Crippen LogP contribution in [0.2, 0.25) is 0 Å². The smallest absolute Gasteiger partial charge is 0.145 e. The highest BCUT2D eigenvalue weighted by Crippen LogP contribution is 2.12. The van der Waals surface area contributed by atoms with Crippen molar-refractivity contribution in [3.63, 3.8) is 0 Å². The molecule has 3 N–H and O–H groups in total. The number of hydrogen-bond donors (Lipinski definition) is 2. The van der Waals surface area contributed by atoms with Crippen molar-refractivity contribution in [3.05, 3.63) is 40.0 Å². The number of aromatic nitrogens is 2. The number of nitrogens with zero attached hydrogens (tertiary/aromatic N) is 3. The largest absolute Gasteiger partial charge is 0.308 e. The van der Waals surface area contributed by atoms with E-state index in [1.54, 1.807) is 11.3 Å². The molecule has 0 aliphatic rings. The molecule has 18 heavy (non-hydrogen) atoms. The number of aryl methyl sites for hydroxylation is 1. The first-order valence-electron chi connectivity index (χ1n) is 5.69. The third kappa shape index (κ3) is 3.49.